The average molecular weight is 479 g/mol. The summed E-state index contributed by atoms with van der Waals surface area (Å²) < 4.78 is 7.16. The van der Waals surface area contributed by atoms with E-state index in [1.54, 1.807) is 25.4 Å². The minimum atomic E-state index is -0.383. The minimum Gasteiger partial charge on any atom is -0.378 e. The molecule has 10 nitrogen and oxygen atoms in total. The number of halogens is 1. The zero-order valence-electron chi connectivity index (χ0n) is 16.7. The van der Waals surface area contributed by atoms with Crippen molar-refractivity contribution in [1.29, 1.82) is 0 Å². The minimum absolute atomic E-state index is 0.000835. The summed E-state index contributed by atoms with van der Waals surface area (Å²) in [7, 11) is 1.61. The maximum Gasteiger partial charge on any atom is 0.294 e. The van der Waals surface area contributed by atoms with Gasteiger partial charge in [0.25, 0.3) is 11.2 Å². The molecule has 0 saturated carbocycles. The number of nitrogens with one attached hydrogen (secondary N) is 1. The van der Waals surface area contributed by atoms with Crippen LogP contribution >= 0.6 is 15.9 Å². The first-order chi connectivity index (χ1) is 14.3. The van der Waals surface area contributed by atoms with Crippen molar-refractivity contribution in [2.24, 2.45) is 7.05 Å². The molecular weight excluding hydrogens is 456 g/mol. The van der Waals surface area contributed by atoms with E-state index in [9.17, 15) is 14.9 Å². The Morgan fingerprint density at radius 2 is 2.10 bits per heavy atom. The molecule has 3 heterocycles. The number of ether oxygens (including phenoxy) is 1. The van der Waals surface area contributed by atoms with Gasteiger partial charge in [0.15, 0.2) is 5.82 Å². The van der Waals surface area contributed by atoms with Gasteiger partial charge in [-0.1, -0.05) is 0 Å². The molecule has 1 aromatic carbocycles. The number of nitro benzene ring substituents is 1. The molecule has 0 aliphatic carbocycles. The Balaban J connectivity index is 1.58. The molecule has 2 aliphatic heterocycles. The lowest BCUT2D eigenvalue weighted by molar-refractivity contribution is -0.384. The van der Waals surface area contributed by atoms with Crippen molar-refractivity contribution in [2.45, 2.75) is 19.0 Å². The summed E-state index contributed by atoms with van der Waals surface area (Å²) in [5.74, 6) is 0.0959. The Kier molecular flexibility index (Phi) is 5.76. The van der Waals surface area contributed by atoms with Crippen LogP contribution in [0.4, 0.5) is 22.9 Å². The Labute approximate surface area is 181 Å². The van der Waals surface area contributed by atoms with Crippen LogP contribution in [-0.2, 0) is 11.8 Å². The fourth-order valence-corrected chi connectivity index (χ4v) is 4.37. The molecule has 11 heteroatoms. The highest BCUT2D eigenvalue weighted by Crippen LogP contribution is 2.34. The lowest BCUT2D eigenvalue weighted by Gasteiger charge is -2.46. The first-order valence-electron chi connectivity index (χ1n) is 9.70. The standard InChI is InChI=1S/C19H23BrN6O4/c1-12-8-24(14-10-30-11-14)5-6-25(12)15-4-3-13(7-16(15)26(28)29)21-18-19(27)23(2)9-17(20)22-18/h3-4,7,9,12,14H,5-6,8,10-11H2,1-2H3,(H,21,22)/t12-/m0/s1. The van der Waals surface area contributed by atoms with E-state index in [1.807, 2.05) is 0 Å². The molecule has 4 rings (SSSR count). The quantitative estimate of drug-likeness (QED) is 0.514. The maximum absolute atomic E-state index is 12.3. The highest BCUT2D eigenvalue weighted by atomic mass is 79.9. The predicted molar refractivity (Wildman–Crippen MR) is 117 cm³/mol. The normalized spacial score (nSPS) is 20.1. The number of hydrogen-bond acceptors (Lipinski definition) is 8. The van der Waals surface area contributed by atoms with E-state index in [4.69, 9.17) is 4.74 Å². The second-order valence-corrected chi connectivity index (χ2v) is 8.46. The van der Waals surface area contributed by atoms with Crippen molar-refractivity contribution in [2.75, 3.05) is 43.1 Å². The van der Waals surface area contributed by atoms with Gasteiger partial charge in [-0.25, -0.2) is 4.98 Å². The van der Waals surface area contributed by atoms with Crippen molar-refractivity contribution in [1.82, 2.24) is 14.5 Å². The van der Waals surface area contributed by atoms with E-state index in [1.165, 1.54) is 10.6 Å². The highest BCUT2D eigenvalue weighted by Gasteiger charge is 2.34. The van der Waals surface area contributed by atoms with Gasteiger partial charge in [-0.3, -0.25) is 19.8 Å². The van der Waals surface area contributed by atoms with E-state index < -0.39 is 0 Å². The van der Waals surface area contributed by atoms with Crippen LogP contribution in [0.3, 0.4) is 0 Å². The molecule has 0 amide bonds. The highest BCUT2D eigenvalue weighted by molar-refractivity contribution is 9.10. The summed E-state index contributed by atoms with van der Waals surface area (Å²) in [6, 6.07) is 5.52. The maximum atomic E-state index is 12.3. The van der Waals surface area contributed by atoms with Crippen molar-refractivity contribution < 1.29 is 9.66 Å². The molecule has 0 unspecified atom stereocenters. The smallest absolute Gasteiger partial charge is 0.294 e. The van der Waals surface area contributed by atoms with Gasteiger partial charge in [-0.15, -0.1) is 0 Å². The first kappa shape index (κ1) is 20.8. The third-order valence-corrected chi connectivity index (χ3v) is 5.96. The van der Waals surface area contributed by atoms with Crippen LogP contribution in [0.1, 0.15) is 6.92 Å². The Hall–Kier alpha value is -2.50. The molecule has 2 aliphatic rings. The molecule has 0 bridgehead atoms. The monoisotopic (exact) mass is 478 g/mol. The van der Waals surface area contributed by atoms with Gasteiger partial charge in [-0.2, -0.15) is 0 Å². The molecule has 0 spiro atoms. The Bertz CT molecular complexity index is 1020. The fourth-order valence-electron chi connectivity index (χ4n) is 3.89. The van der Waals surface area contributed by atoms with E-state index in [2.05, 4.69) is 43.0 Å². The number of aromatic nitrogens is 2. The summed E-state index contributed by atoms with van der Waals surface area (Å²) in [5, 5.41) is 14.7. The topological polar surface area (TPSA) is 106 Å². The first-order valence-corrected chi connectivity index (χ1v) is 10.5. The van der Waals surface area contributed by atoms with Gasteiger partial charge in [-0.05, 0) is 35.0 Å². The van der Waals surface area contributed by atoms with Crippen LogP contribution in [0.5, 0.6) is 0 Å². The summed E-state index contributed by atoms with van der Waals surface area (Å²) in [4.78, 5) is 32.3. The molecule has 1 atom stereocenters. The second-order valence-electron chi connectivity index (χ2n) is 7.64. The van der Waals surface area contributed by atoms with Crippen molar-refractivity contribution in [3.63, 3.8) is 0 Å². The summed E-state index contributed by atoms with van der Waals surface area (Å²) >= 11 is 3.26. The van der Waals surface area contributed by atoms with Gasteiger partial charge in [0, 0.05) is 50.7 Å². The number of hydrogen-bond donors (Lipinski definition) is 1. The fraction of sp³-hybridized carbons (Fsp3) is 0.474. The van der Waals surface area contributed by atoms with Crippen LogP contribution in [-0.4, -0.2) is 64.3 Å². The number of anilines is 3. The zero-order chi connectivity index (χ0) is 21.4. The molecule has 1 aromatic heterocycles. The van der Waals surface area contributed by atoms with E-state index >= 15 is 0 Å². The molecule has 30 heavy (non-hydrogen) atoms. The molecule has 160 valence electrons. The SMILES string of the molecule is C[C@H]1CN(C2COC2)CCN1c1ccc(Nc2nc(Br)cn(C)c2=O)cc1[N+](=O)[O-]. The van der Waals surface area contributed by atoms with Crippen LogP contribution < -0.4 is 15.8 Å². The van der Waals surface area contributed by atoms with Gasteiger partial charge in [0.1, 0.15) is 10.3 Å². The zero-order valence-corrected chi connectivity index (χ0v) is 18.3. The van der Waals surface area contributed by atoms with E-state index in [0.29, 0.717) is 28.6 Å². The predicted octanol–water partition coefficient (Wildman–Crippen LogP) is 2.10. The van der Waals surface area contributed by atoms with Crippen LogP contribution in [0.2, 0.25) is 0 Å². The lowest BCUT2D eigenvalue weighted by Crippen LogP contribution is -2.59. The number of benzene rings is 1. The third kappa shape index (κ3) is 4.05. The largest absolute Gasteiger partial charge is 0.378 e. The molecule has 2 aromatic rings. The van der Waals surface area contributed by atoms with Gasteiger partial charge < -0.3 is 19.5 Å². The number of piperazine rings is 1. The molecular formula is C19H23BrN6O4. The summed E-state index contributed by atoms with van der Waals surface area (Å²) in [6.45, 7) is 5.99. The van der Waals surface area contributed by atoms with Crippen LogP contribution in [0.15, 0.2) is 33.8 Å². The number of aryl methyl sites for hydroxylation is 1. The van der Waals surface area contributed by atoms with Gasteiger partial charge in [0.05, 0.1) is 24.2 Å². The van der Waals surface area contributed by atoms with E-state index in [0.717, 1.165) is 26.3 Å². The average Bonchev–Trinajstić information content (AvgIpc) is 2.65. The molecule has 2 saturated heterocycles. The Morgan fingerprint density at radius 3 is 2.73 bits per heavy atom. The molecule has 0 radical (unpaired) electrons. The van der Waals surface area contributed by atoms with Crippen molar-refractivity contribution in [3.8, 4) is 0 Å². The number of nitrogens with zero attached hydrogens (tertiary/aromatic N) is 5. The van der Waals surface area contributed by atoms with Crippen LogP contribution in [0, 0.1) is 10.1 Å². The molecule has 1 N–H and O–H groups in total. The van der Waals surface area contributed by atoms with E-state index in [-0.39, 0.29) is 28.0 Å². The number of nitro groups is 1. The van der Waals surface area contributed by atoms with Crippen molar-refractivity contribution in [3.05, 3.63) is 49.5 Å². The van der Waals surface area contributed by atoms with Crippen LogP contribution in [0.25, 0.3) is 0 Å². The summed E-state index contributed by atoms with van der Waals surface area (Å²) in [5.41, 5.74) is 0.692. The molecule has 2 fully saturated rings. The second kappa shape index (κ2) is 8.32. The van der Waals surface area contributed by atoms with Crippen molar-refractivity contribution >= 4 is 38.8 Å². The van der Waals surface area contributed by atoms with Gasteiger partial charge >= 0.3 is 0 Å². The van der Waals surface area contributed by atoms with Gasteiger partial charge in [0.2, 0.25) is 0 Å². The third-order valence-electron chi connectivity index (χ3n) is 5.58. The lowest BCUT2D eigenvalue weighted by atomic mass is 10.1. The number of rotatable bonds is 5. The Morgan fingerprint density at radius 1 is 1.33 bits per heavy atom. The summed E-state index contributed by atoms with van der Waals surface area (Å²) in [6.07, 6.45) is 1.55.